The Morgan fingerprint density at radius 2 is 1.32 bits per heavy atom. The second-order valence-corrected chi connectivity index (χ2v) is 18.7. The van der Waals surface area contributed by atoms with Gasteiger partial charge in [-0.2, -0.15) is 0 Å². The summed E-state index contributed by atoms with van der Waals surface area (Å²) in [6.07, 6.45) is -0.698. The lowest BCUT2D eigenvalue weighted by Gasteiger charge is -2.42. The van der Waals surface area contributed by atoms with Gasteiger partial charge >= 0.3 is 18.0 Å². The Labute approximate surface area is 230 Å². The van der Waals surface area contributed by atoms with E-state index in [1.54, 1.807) is 41.5 Å². The van der Waals surface area contributed by atoms with Crippen molar-refractivity contribution >= 4 is 32.1 Å². The summed E-state index contributed by atoms with van der Waals surface area (Å²) >= 11 is 0. The molecule has 220 valence electrons. The average Bonchev–Trinajstić information content (AvgIpc) is 3.09. The molecule has 1 fully saturated rings. The number of carbonyl (C=O) groups excluding carboxylic acids is 4. The van der Waals surface area contributed by atoms with Crippen LogP contribution in [0.3, 0.4) is 0 Å². The molecule has 0 unspecified atom stereocenters. The highest BCUT2D eigenvalue weighted by Crippen LogP contribution is 2.42. The predicted octanol–water partition coefficient (Wildman–Crippen LogP) is 5.65. The van der Waals surface area contributed by atoms with Crippen LogP contribution in [0.15, 0.2) is 0 Å². The Kier molecular flexibility index (Phi) is 11.6. The van der Waals surface area contributed by atoms with Gasteiger partial charge in [0, 0.05) is 12.8 Å². The minimum absolute atomic E-state index is 0.0962. The summed E-state index contributed by atoms with van der Waals surface area (Å²) in [5.74, 6) is -2.11. The zero-order valence-corrected chi connectivity index (χ0v) is 26.8. The van der Waals surface area contributed by atoms with Gasteiger partial charge < -0.3 is 18.6 Å². The molecule has 1 rings (SSSR count). The van der Waals surface area contributed by atoms with Crippen molar-refractivity contribution in [3.05, 3.63) is 0 Å². The van der Waals surface area contributed by atoms with Gasteiger partial charge in [-0.25, -0.2) is 9.59 Å². The van der Waals surface area contributed by atoms with Crippen LogP contribution in [-0.4, -0.2) is 73.5 Å². The second kappa shape index (κ2) is 12.9. The molecule has 1 saturated heterocycles. The fourth-order valence-electron chi connectivity index (χ4n) is 5.67. The van der Waals surface area contributed by atoms with Gasteiger partial charge in [0.05, 0.1) is 13.2 Å². The van der Waals surface area contributed by atoms with Crippen molar-refractivity contribution in [3.63, 3.8) is 0 Å². The zero-order valence-electron chi connectivity index (χ0n) is 25.8. The van der Waals surface area contributed by atoms with Crippen molar-refractivity contribution in [2.75, 3.05) is 13.2 Å². The van der Waals surface area contributed by atoms with Crippen molar-refractivity contribution < 1.29 is 37.8 Å². The van der Waals surface area contributed by atoms with Crippen LogP contribution >= 0.6 is 0 Å². The van der Waals surface area contributed by atoms with Crippen LogP contribution in [-0.2, 0) is 33.0 Å². The number of nitrogens with zero attached hydrogens (tertiary/aromatic N) is 1. The van der Waals surface area contributed by atoms with E-state index in [1.165, 1.54) is 11.8 Å². The first kappa shape index (κ1) is 34.1. The molecule has 9 nitrogen and oxygen atoms in total. The molecule has 1 heterocycles. The van der Waals surface area contributed by atoms with Crippen LogP contribution in [0.4, 0.5) is 4.79 Å². The van der Waals surface area contributed by atoms with Gasteiger partial charge in [-0.05, 0) is 64.6 Å². The zero-order chi connectivity index (χ0) is 29.8. The monoisotopic (exact) mass is 557 g/mol. The van der Waals surface area contributed by atoms with Crippen LogP contribution in [0.1, 0.15) is 96.4 Å². The maximum absolute atomic E-state index is 13.9. The largest absolute Gasteiger partial charge is 0.465 e. The van der Waals surface area contributed by atoms with Crippen molar-refractivity contribution in [2.45, 2.75) is 136 Å². The third-order valence-corrected chi connectivity index (χ3v) is 13.0. The molecule has 38 heavy (non-hydrogen) atoms. The van der Waals surface area contributed by atoms with Crippen molar-refractivity contribution in [1.82, 2.24) is 4.90 Å². The first-order valence-electron chi connectivity index (χ1n) is 13.7. The van der Waals surface area contributed by atoms with Gasteiger partial charge in [0.2, 0.25) is 8.32 Å². The number of hydrogen-bond donors (Lipinski definition) is 0. The molecule has 3 atom stereocenters. The molecule has 0 aliphatic carbocycles. The van der Waals surface area contributed by atoms with E-state index in [-0.39, 0.29) is 42.0 Å². The maximum Gasteiger partial charge on any atom is 0.411 e. The lowest BCUT2D eigenvalue weighted by molar-refractivity contribution is -0.160. The Hall–Kier alpha value is -1.94. The molecule has 10 heteroatoms. The molecule has 0 aromatic carbocycles. The van der Waals surface area contributed by atoms with E-state index >= 15 is 0 Å². The van der Waals surface area contributed by atoms with E-state index in [2.05, 4.69) is 41.5 Å². The van der Waals surface area contributed by atoms with Crippen LogP contribution in [0, 0.1) is 5.92 Å². The molecular weight excluding hydrogens is 506 g/mol. The Morgan fingerprint density at radius 3 is 1.71 bits per heavy atom. The van der Waals surface area contributed by atoms with E-state index in [4.69, 9.17) is 18.6 Å². The number of hydrogen-bond acceptors (Lipinski definition) is 8. The Balaban J connectivity index is 3.51. The van der Waals surface area contributed by atoms with Gasteiger partial charge in [0.15, 0.2) is 5.78 Å². The topological polar surface area (TPSA) is 108 Å². The van der Waals surface area contributed by atoms with Crippen LogP contribution in [0.5, 0.6) is 0 Å². The second-order valence-electron chi connectivity index (χ2n) is 13.3. The highest BCUT2D eigenvalue weighted by atomic mass is 28.4. The minimum Gasteiger partial charge on any atom is -0.465 e. The summed E-state index contributed by atoms with van der Waals surface area (Å²) in [6.45, 7) is 24.1. The Morgan fingerprint density at radius 1 is 0.842 bits per heavy atom. The molecule has 0 saturated carbocycles. The van der Waals surface area contributed by atoms with Gasteiger partial charge in [-0.15, -0.1) is 0 Å². The summed E-state index contributed by atoms with van der Waals surface area (Å²) in [5, 5.41) is 0. The minimum atomic E-state index is -2.39. The summed E-state index contributed by atoms with van der Waals surface area (Å²) in [4.78, 5) is 53.5. The van der Waals surface area contributed by atoms with E-state index in [0.29, 0.717) is 0 Å². The standard InChI is InChI=1S/C28H51NO8Si/c1-17(2)38(18(3)4,19(5)6)35-16-23(31)24-21(15-34-20(7)30)14-22(25(32)36-27(8,9)10)29(24)26(33)37-28(11,12)13/h17-19,21-22,24H,14-16H2,1-13H3/t21-,22+,24+/m0/s1. The first-order valence-corrected chi connectivity index (χ1v) is 15.8. The number of likely N-dealkylation sites (tertiary alicyclic amines) is 1. The van der Waals surface area contributed by atoms with Crippen LogP contribution in [0.25, 0.3) is 0 Å². The number of Topliss-reactive ketones (excluding diaryl/α,β-unsaturated/α-hetero) is 1. The normalized spacial score (nSPS) is 20.7. The molecule has 1 aliphatic heterocycles. The third-order valence-electron chi connectivity index (χ3n) is 6.89. The lowest BCUT2D eigenvalue weighted by Crippen LogP contribution is -2.54. The van der Waals surface area contributed by atoms with Crippen LogP contribution in [0.2, 0.25) is 16.6 Å². The van der Waals surface area contributed by atoms with Crippen molar-refractivity contribution in [1.29, 1.82) is 0 Å². The highest BCUT2D eigenvalue weighted by Gasteiger charge is 2.54. The summed E-state index contributed by atoms with van der Waals surface area (Å²) in [6, 6.07) is -2.14. The number of esters is 2. The molecular formula is C28H51NO8Si. The van der Waals surface area contributed by atoms with Crippen molar-refractivity contribution in [2.24, 2.45) is 5.92 Å². The molecule has 0 aromatic heterocycles. The average molecular weight is 558 g/mol. The number of amides is 1. The number of ketones is 1. The SMILES string of the molecule is CC(=O)OC[C@@H]1C[C@H](C(=O)OC(C)(C)C)N(C(=O)OC(C)(C)C)[C@H]1C(=O)CO[Si](C(C)C)(C(C)C)C(C)C. The fraction of sp³-hybridized carbons (Fsp3) is 0.857. The quantitative estimate of drug-likeness (QED) is 0.193. The lowest BCUT2D eigenvalue weighted by atomic mass is 9.97. The van der Waals surface area contributed by atoms with Gasteiger partial charge in [-0.1, -0.05) is 41.5 Å². The smallest absolute Gasteiger partial charge is 0.411 e. The molecule has 0 aromatic rings. The first-order chi connectivity index (χ1) is 17.1. The highest BCUT2D eigenvalue weighted by molar-refractivity contribution is 6.77. The van der Waals surface area contributed by atoms with E-state index in [9.17, 15) is 19.2 Å². The third kappa shape index (κ3) is 8.79. The Bertz CT molecular complexity index is 834. The number of ether oxygens (including phenoxy) is 3. The van der Waals surface area contributed by atoms with Gasteiger partial charge in [-0.3, -0.25) is 14.5 Å². The molecule has 0 bridgehead atoms. The van der Waals surface area contributed by atoms with E-state index < -0.39 is 55.6 Å². The maximum atomic E-state index is 13.9. The summed E-state index contributed by atoms with van der Waals surface area (Å²) in [5.41, 5.74) is -0.890. The van der Waals surface area contributed by atoms with Crippen LogP contribution < -0.4 is 0 Å². The van der Waals surface area contributed by atoms with Crippen molar-refractivity contribution in [3.8, 4) is 0 Å². The molecule has 1 amide bonds. The molecule has 1 aliphatic rings. The van der Waals surface area contributed by atoms with E-state index in [0.717, 1.165) is 0 Å². The summed E-state index contributed by atoms with van der Waals surface area (Å²) in [7, 11) is -2.39. The van der Waals surface area contributed by atoms with Gasteiger partial charge in [0.25, 0.3) is 0 Å². The predicted molar refractivity (Wildman–Crippen MR) is 148 cm³/mol. The molecule has 0 radical (unpaired) electrons. The molecule has 0 N–H and O–H groups in total. The fourth-order valence-corrected chi connectivity index (χ4v) is 11.1. The summed E-state index contributed by atoms with van der Waals surface area (Å²) < 4.78 is 23.1. The molecule has 0 spiro atoms. The number of carbonyl (C=O) groups is 4. The number of rotatable bonds is 10. The van der Waals surface area contributed by atoms with E-state index in [1.807, 2.05) is 0 Å². The van der Waals surface area contributed by atoms with Gasteiger partial charge in [0.1, 0.15) is 23.3 Å².